The van der Waals surface area contributed by atoms with Gasteiger partial charge < -0.3 is 19.5 Å². The van der Waals surface area contributed by atoms with Crippen LogP contribution in [-0.2, 0) is 24.8 Å². The molecule has 5 rings (SSSR count). The molecule has 34 heavy (non-hydrogen) atoms. The van der Waals surface area contributed by atoms with Crippen molar-refractivity contribution in [3.05, 3.63) is 71.4 Å². The number of carbonyl (C=O) groups is 3. The Balaban J connectivity index is 1.31. The van der Waals surface area contributed by atoms with Crippen molar-refractivity contribution in [2.75, 3.05) is 25.0 Å². The minimum absolute atomic E-state index is 0.0815. The number of amides is 3. The Morgan fingerprint density at radius 2 is 1.85 bits per heavy atom. The molecule has 3 aromatic rings. The summed E-state index contributed by atoms with van der Waals surface area (Å²) in [7, 11) is 1.83. The van der Waals surface area contributed by atoms with Gasteiger partial charge in [-0.1, -0.05) is 18.2 Å². The molecule has 0 aliphatic carbocycles. The molecule has 2 aliphatic rings. The highest BCUT2D eigenvalue weighted by atomic mass is 16.3. The molecule has 2 aromatic heterocycles. The molecule has 1 fully saturated rings. The predicted molar refractivity (Wildman–Crippen MR) is 124 cm³/mol. The van der Waals surface area contributed by atoms with Crippen LogP contribution in [0.5, 0.6) is 0 Å². The lowest BCUT2D eigenvalue weighted by Gasteiger charge is -2.32. The molecule has 176 valence electrons. The number of benzene rings is 1. The third-order valence-electron chi connectivity index (χ3n) is 6.58. The molecule has 1 atom stereocenters. The van der Waals surface area contributed by atoms with Crippen molar-refractivity contribution in [1.29, 1.82) is 0 Å². The maximum Gasteiger partial charge on any atom is 0.289 e. The zero-order valence-electron chi connectivity index (χ0n) is 19.1. The number of aromatic nitrogens is 2. The van der Waals surface area contributed by atoms with Gasteiger partial charge in [0.1, 0.15) is 0 Å². The van der Waals surface area contributed by atoms with Crippen LogP contribution in [0, 0.1) is 5.92 Å². The van der Waals surface area contributed by atoms with Crippen LogP contribution in [0.4, 0.5) is 5.69 Å². The van der Waals surface area contributed by atoms with Crippen LogP contribution < -0.4 is 5.32 Å². The zero-order valence-corrected chi connectivity index (χ0v) is 19.1. The SMILES string of the molecule is Cn1nc(C(=O)N2CCC[C@H](C(=O)Nc3ccccc3)C2)c2c1CCN(C(=O)c1ccco1)C2. The molecule has 0 bridgehead atoms. The first-order valence-corrected chi connectivity index (χ1v) is 11.5. The Kier molecular flexibility index (Phi) is 5.91. The van der Waals surface area contributed by atoms with Crippen LogP contribution in [0.1, 0.15) is 45.1 Å². The molecule has 0 spiro atoms. The van der Waals surface area contributed by atoms with Gasteiger partial charge >= 0.3 is 0 Å². The van der Waals surface area contributed by atoms with Gasteiger partial charge in [-0.05, 0) is 37.1 Å². The summed E-state index contributed by atoms with van der Waals surface area (Å²) in [4.78, 5) is 42.5. The average molecular weight is 462 g/mol. The van der Waals surface area contributed by atoms with Crippen LogP contribution in [0.15, 0.2) is 53.1 Å². The molecule has 4 heterocycles. The maximum atomic E-state index is 13.5. The number of hydrogen-bond donors (Lipinski definition) is 1. The van der Waals surface area contributed by atoms with Gasteiger partial charge in [-0.3, -0.25) is 19.1 Å². The molecule has 0 saturated carbocycles. The number of nitrogens with zero attached hydrogens (tertiary/aromatic N) is 4. The van der Waals surface area contributed by atoms with E-state index >= 15 is 0 Å². The van der Waals surface area contributed by atoms with Gasteiger partial charge in [0.2, 0.25) is 5.91 Å². The van der Waals surface area contributed by atoms with Crippen molar-refractivity contribution in [2.24, 2.45) is 13.0 Å². The van der Waals surface area contributed by atoms with Crippen LogP contribution in [0.3, 0.4) is 0 Å². The van der Waals surface area contributed by atoms with Crippen molar-refractivity contribution < 1.29 is 18.8 Å². The number of anilines is 1. The van der Waals surface area contributed by atoms with E-state index in [0.717, 1.165) is 29.8 Å². The molecule has 3 amide bonds. The van der Waals surface area contributed by atoms with Gasteiger partial charge in [0.25, 0.3) is 11.8 Å². The highest BCUT2D eigenvalue weighted by molar-refractivity contribution is 5.97. The largest absolute Gasteiger partial charge is 0.459 e. The lowest BCUT2D eigenvalue weighted by Crippen LogP contribution is -2.44. The summed E-state index contributed by atoms with van der Waals surface area (Å²) in [5, 5.41) is 7.47. The fourth-order valence-electron chi connectivity index (χ4n) is 4.78. The molecule has 9 nitrogen and oxygen atoms in total. The molecule has 1 aromatic carbocycles. The van der Waals surface area contributed by atoms with Crippen LogP contribution in [0.2, 0.25) is 0 Å². The van der Waals surface area contributed by atoms with Gasteiger partial charge in [-0.2, -0.15) is 5.10 Å². The van der Waals surface area contributed by atoms with E-state index in [2.05, 4.69) is 10.4 Å². The summed E-state index contributed by atoms with van der Waals surface area (Å²) >= 11 is 0. The Bertz CT molecular complexity index is 1200. The first-order chi connectivity index (χ1) is 16.5. The van der Waals surface area contributed by atoms with Crippen molar-refractivity contribution in [3.63, 3.8) is 0 Å². The van der Waals surface area contributed by atoms with Gasteiger partial charge in [-0.15, -0.1) is 0 Å². The molecular weight excluding hydrogens is 434 g/mol. The lowest BCUT2D eigenvalue weighted by atomic mass is 9.96. The van der Waals surface area contributed by atoms with E-state index in [4.69, 9.17) is 4.42 Å². The van der Waals surface area contributed by atoms with E-state index < -0.39 is 0 Å². The number of nitrogens with one attached hydrogen (secondary N) is 1. The number of aryl methyl sites for hydroxylation is 1. The second-order valence-electron chi connectivity index (χ2n) is 8.80. The third-order valence-corrected chi connectivity index (χ3v) is 6.58. The fourth-order valence-corrected chi connectivity index (χ4v) is 4.78. The van der Waals surface area contributed by atoms with E-state index in [1.54, 1.807) is 26.6 Å². The summed E-state index contributed by atoms with van der Waals surface area (Å²) in [5.41, 5.74) is 2.84. The predicted octanol–water partition coefficient (Wildman–Crippen LogP) is 2.70. The van der Waals surface area contributed by atoms with Gasteiger partial charge in [-0.25, -0.2) is 0 Å². The molecule has 1 N–H and O–H groups in total. The molecule has 1 saturated heterocycles. The standard InChI is InChI=1S/C25H27N5O4/c1-28-20-11-13-30(24(32)21-10-6-14-34-21)16-19(20)22(27-28)25(33)29-12-5-7-17(15-29)23(31)26-18-8-3-2-4-9-18/h2-4,6,8-10,14,17H,5,7,11-13,15-16H2,1H3,(H,26,31)/t17-/m0/s1. The third kappa shape index (κ3) is 4.21. The smallest absolute Gasteiger partial charge is 0.289 e. The topological polar surface area (TPSA) is 101 Å². The Morgan fingerprint density at radius 1 is 1.03 bits per heavy atom. The fraction of sp³-hybridized carbons (Fsp3) is 0.360. The zero-order chi connectivity index (χ0) is 23.7. The molecule has 0 unspecified atom stereocenters. The van der Waals surface area contributed by atoms with E-state index in [1.165, 1.54) is 6.26 Å². The van der Waals surface area contributed by atoms with Crippen molar-refractivity contribution in [1.82, 2.24) is 19.6 Å². The number of fused-ring (bicyclic) bond motifs is 1. The molecule has 9 heteroatoms. The minimum atomic E-state index is -0.283. The Morgan fingerprint density at radius 3 is 2.62 bits per heavy atom. The van der Waals surface area contributed by atoms with E-state index in [-0.39, 0.29) is 29.4 Å². The molecule has 0 radical (unpaired) electrons. The van der Waals surface area contributed by atoms with Gasteiger partial charge in [0.05, 0.1) is 18.7 Å². The second kappa shape index (κ2) is 9.17. The Hall–Kier alpha value is -3.88. The van der Waals surface area contributed by atoms with Crippen LogP contribution in [0.25, 0.3) is 0 Å². The van der Waals surface area contributed by atoms with Crippen LogP contribution in [-0.4, -0.2) is 56.9 Å². The van der Waals surface area contributed by atoms with E-state index in [0.29, 0.717) is 38.3 Å². The summed E-state index contributed by atoms with van der Waals surface area (Å²) < 4.78 is 7.00. The summed E-state index contributed by atoms with van der Waals surface area (Å²) in [6.45, 7) is 1.76. The quantitative estimate of drug-likeness (QED) is 0.644. The van der Waals surface area contributed by atoms with Crippen molar-refractivity contribution >= 4 is 23.4 Å². The van der Waals surface area contributed by atoms with Crippen molar-refractivity contribution in [3.8, 4) is 0 Å². The molecular formula is C25H27N5O4. The second-order valence-corrected chi connectivity index (χ2v) is 8.80. The average Bonchev–Trinajstić information content (AvgIpc) is 3.52. The van der Waals surface area contributed by atoms with Crippen LogP contribution >= 0.6 is 0 Å². The minimum Gasteiger partial charge on any atom is -0.459 e. The highest BCUT2D eigenvalue weighted by Gasteiger charge is 2.35. The van der Waals surface area contributed by atoms with E-state index in [9.17, 15) is 14.4 Å². The number of piperidine rings is 1. The number of furan rings is 1. The first-order valence-electron chi connectivity index (χ1n) is 11.5. The number of hydrogen-bond acceptors (Lipinski definition) is 5. The van der Waals surface area contributed by atoms with Gasteiger partial charge in [0.15, 0.2) is 11.5 Å². The summed E-state index contributed by atoms with van der Waals surface area (Å²) in [6.07, 6.45) is 3.56. The monoisotopic (exact) mass is 461 g/mol. The maximum absolute atomic E-state index is 13.5. The van der Waals surface area contributed by atoms with Crippen molar-refractivity contribution in [2.45, 2.75) is 25.8 Å². The summed E-state index contributed by atoms with van der Waals surface area (Å²) in [5.74, 6) is -0.477. The van der Waals surface area contributed by atoms with E-state index in [1.807, 2.05) is 37.4 Å². The number of para-hydroxylation sites is 1. The number of likely N-dealkylation sites (tertiary alicyclic amines) is 1. The normalized spacial score (nSPS) is 17.9. The number of carbonyl (C=O) groups excluding carboxylic acids is 3. The summed E-state index contributed by atoms with van der Waals surface area (Å²) in [6, 6.07) is 12.7. The molecule has 2 aliphatic heterocycles. The van der Waals surface area contributed by atoms with Gasteiger partial charge in [0, 0.05) is 50.0 Å². The Labute approximate surface area is 197 Å². The highest BCUT2D eigenvalue weighted by Crippen LogP contribution is 2.27. The first kappa shape index (κ1) is 21.9. The lowest BCUT2D eigenvalue weighted by molar-refractivity contribution is -0.121. The number of rotatable bonds is 4.